The van der Waals surface area contributed by atoms with Crippen molar-refractivity contribution in [2.24, 2.45) is 12.1 Å². The summed E-state index contributed by atoms with van der Waals surface area (Å²) >= 11 is 0. The number of benzene rings is 1. The summed E-state index contributed by atoms with van der Waals surface area (Å²) in [5, 5.41) is 17.3. The van der Waals surface area contributed by atoms with Crippen LogP contribution < -0.4 is 10.3 Å². The van der Waals surface area contributed by atoms with Crippen molar-refractivity contribution in [3.8, 4) is 5.69 Å². The smallest absolute Gasteiger partial charge is 0.163 e. The van der Waals surface area contributed by atoms with E-state index in [0.29, 0.717) is 23.9 Å². The quantitative estimate of drug-likeness (QED) is 0.498. The van der Waals surface area contributed by atoms with Gasteiger partial charge in [-0.2, -0.15) is 10.2 Å². The number of hydrazone groups is 1. The zero-order chi connectivity index (χ0) is 23.4. The molecule has 2 atom stereocenters. The van der Waals surface area contributed by atoms with Gasteiger partial charge in [-0.1, -0.05) is 6.92 Å². The lowest BCUT2D eigenvalue weighted by atomic mass is 9.96. The highest BCUT2D eigenvalue weighted by Gasteiger charge is 2.37. The molecule has 3 aromatic heterocycles. The van der Waals surface area contributed by atoms with Crippen LogP contribution in [-0.2, 0) is 7.05 Å². The fraction of sp³-hybridized carbons (Fsp3) is 0.273. The Morgan fingerprint density at radius 3 is 2.85 bits per heavy atom. The molecule has 0 spiro atoms. The third kappa shape index (κ3) is 3.05. The van der Waals surface area contributed by atoms with Gasteiger partial charge in [0.1, 0.15) is 29.5 Å². The van der Waals surface area contributed by atoms with E-state index in [0.717, 1.165) is 29.8 Å². The zero-order valence-corrected chi connectivity index (χ0v) is 18.4. The standard InChI is InChI=1S/C22H20F2N10/c1-3-16-22-30-27-11-33(22)17-10-25-20(28-21(17)34(16)18-6-7-32(2)31-18)14-9-26-29-19(14)13-5-4-12(23)8-15(13)24/h4-8,10-11,14,16,26H,3,9H2,1-2H3. The van der Waals surface area contributed by atoms with Crippen LogP contribution in [0.1, 0.15) is 42.5 Å². The Morgan fingerprint density at radius 1 is 1.21 bits per heavy atom. The lowest BCUT2D eigenvalue weighted by molar-refractivity contribution is 0.577. The van der Waals surface area contributed by atoms with Crippen LogP contribution in [0.25, 0.3) is 5.69 Å². The molecule has 4 aromatic rings. The monoisotopic (exact) mass is 462 g/mol. The minimum Gasteiger partial charge on any atom is -0.309 e. The van der Waals surface area contributed by atoms with E-state index >= 15 is 0 Å². The Kier molecular flexibility index (Phi) is 4.61. The van der Waals surface area contributed by atoms with Crippen LogP contribution in [0, 0.1) is 11.6 Å². The summed E-state index contributed by atoms with van der Waals surface area (Å²) in [5.74, 6) is 0.870. The molecule has 10 nitrogen and oxygen atoms in total. The van der Waals surface area contributed by atoms with E-state index in [4.69, 9.17) is 4.98 Å². The second-order valence-electron chi connectivity index (χ2n) is 8.17. The van der Waals surface area contributed by atoms with Crippen molar-refractivity contribution >= 4 is 17.3 Å². The van der Waals surface area contributed by atoms with E-state index in [1.54, 1.807) is 17.2 Å². The summed E-state index contributed by atoms with van der Waals surface area (Å²) in [6.07, 6.45) is 5.97. The fourth-order valence-electron chi connectivity index (χ4n) is 4.53. The molecule has 0 bridgehead atoms. The first-order valence-electron chi connectivity index (χ1n) is 10.9. The molecule has 0 fully saturated rings. The van der Waals surface area contributed by atoms with E-state index in [1.165, 1.54) is 12.1 Å². The first-order chi connectivity index (χ1) is 16.5. The average molecular weight is 462 g/mol. The van der Waals surface area contributed by atoms with Gasteiger partial charge in [0.05, 0.1) is 23.9 Å². The molecule has 0 amide bonds. The van der Waals surface area contributed by atoms with Crippen molar-refractivity contribution in [1.82, 2.24) is 39.9 Å². The number of anilines is 2. The summed E-state index contributed by atoms with van der Waals surface area (Å²) in [4.78, 5) is 11.6. The Labute approximate surface area is 193 Å². The van der Waals surface area contributed by atoms with Crippen molar-refractivity contribution < 1.29 is 8.78 Å². The van der Waals surface area contributed by atoms with E-state index in [9.17, 15) is 8.78 Å². The van der Waals surface area contributed by atoms with Crippen molar-refractivity contribution in [2.75, 3.05) is 11.4 Å². The summed E-state index contributed by atoms with van der Waals surface area (Å²) in [6, 6.07) is 5.23. The number of halogens is 2. The van der Waals surface area contributed by atoms with Crippen molar-refractivity contribution in [1.29, 1.82) is 0 Å². The average Bonchev–Trinajstić information content (AvgIpc) is 3.58. The maximum absolute atomic E-state index is 14.6. The van der Waals surface area contributed by atoms with Crippen LogP contribution in [0.2, 0.25) is 0 Å². The number of hydrogen-bond acceptors (Lipinski definition) is 8. The number of nitrogens with zero attached hydrogens (tertiary/aromatic N) is 9. The van der Waals surface area contributed by atoms with Crippen molar-refractivity contribution in [3.63, 3.8) is 0 Å². The minimum absolute atomic E-state index is 0.142. The van der Waals surface area contributed by atoms with Gasteiger partial charge in [-0.05, 0) is 18.6 Å². The predicted molar refractivity (Wildman–Crippen MR) is 119 cm³/mol. The van der Waals surface area contributed by atoms with Crippen molar-refractivity contribution in [2.45, 2.75) is 25.3 Å². The summed E-state index contributed by atoms with van der Waals surface area (Å²) in [7, 11) is 1.85. The molecule has 172 valence electrons. The molecule has 2 aliphatic heterocycles. The van der Waals surface area contributed by atoms with Crippen molar-refractivity contribution in [3.05, 3.63) is 71.8 Å². The van der Waals surface area contributed by atoms with Crippen LogP contribution in [0.5, 0.6) is 0 Å². The van der Waals surface area contributed by atoms with Crippen LogP contribution in [0.4, 0.5) is 20.4 Å². The predicted octanol–water partition coefficient (Wildman–Crippen LogP) is 2.76. The summed E-state index contributed by atoms with van der Waals surface area (Å²) < 4.78 is 31.6. The molecule has 0 aliphatic carbocycles. The first kappa shape index (κ1) is 20.4. The SMILES string of the molecule is CCC1c2nncn2-c2cnc(C3CNN=C3c3ccc(F)cc3F)nc2N1c1ccn(C)n1. The van der Waals surface area contributed by atoms with E-state index in [2.05, 4.69) is 37.7 Å². The van der Waals surface area contributed by atoms with Gasteiger partial charge in [0.2, 0.25) is 0 Å². The van der Waals surface area contributed by atoms with Gasteiger partial charge in [0.15, 0.2) is 17.5 Å². The molecule has 1 N–H and O–H groups in total. The molecule has 0 saturated heterocycles. The molecule has 6 rings (SSSR count). The zero-order valence-electron chi connectivity index (χ0n) is 18.4. The number of aryl methyl sites for hydroxylation is 1. The van der Waals surface area contributed by atoms with Crippen LogP contribution in [0.15, 0.2) is 48.1 Å². The second kappa shape index (κ2) is 7.68. The third-order valence-corrected chi connectivity index (χ3v) is 6.12. The normalized spacial score (nSPS) is 18.9. The number of nitrogens with one attached hydrogen (secondary N) is 1. The summed E-state index contributed by atoms with van der Waals surface area (Å²) in [5.41, 5.74) is 4.27. The van der Waals surface area contributed by atoms with Gasteiger partial charge in [0.25, 0.3) is 0 Å². The van der Waals surface area contributed by atoms with E-state index < -0.39 is 17.6 Å². The Hall–Kier alpha value is -4.22. The maximum atomic E-state index is 14.6. The largest absolute Gasteiger partial charge is 0.309 e. The van der Waals surface area contributed by atoms with Gasteiger partial charge in [-0.3, -0.25) is 14.1 Å². The first-order valence-corrected chi connectivity index (χ1v) is 10.9. The molecule has 2 unspecified atom stereocenters. The van der Waals surface area contributed by atoms with Gasteiger partial charge >= 0.3 is 0 Å². The Morgan fingerprint density at radius 2 is 2.09 bits per heavy atom. The highest BCUT2D eigenvalue weighted by Crippen LogP contribution is 2.42. The van der Waals surface area contributed by atoms with Gasteiger partial charge in [-0.25, -0.2) is 18.7 Å². The molecule has 1 aromatic carbocycles. The van der Waals surface area contributed by atoms with Crippen LogP contribution >= 0.6 is 0 Å². The third-order valence-electron chi connectivity index (χ3n) is 6.12. The summed E-state index contributed by atoms with van der Waals surface area (Å²) in [6.45, 7) is 2.46. The number of fused-ring (bicyclic) bond motifs is 3. The van der Waals surface area contributed by atoms with Gasteiger partial charge in [0, 0.05) is 37.5 Å². The molecule has 0 saturated carbocycles. The number of rotatable bonds is 4. The highest BCUT2D eigenvalue weighted by molar-refractivity contribution is 6.06. The second-order valence-corrected chi connectivity index (χ2v) is 8.17. The fourth-order valence-corrected chi connectivity index (χ4v) is 4.53. The van der Waals surface area contributed by atoms with E-state index in [-0.39, 0.29) is 11.6 Å². The molecular formula is C22H20F2N10. The lowest BCUT2D eigenvalue weighted by Crippen LogP contribution is -2.33. The minimum atomic E-state index is -0.680. The number of hydrogen-bond donors (Lipinski definition) is 1. The van der Waals surface area contributed by atoms with Crippen LogP contribution in [-0.4, -0.2) is 46.8 Å². The molecule has 5 heterocycles. The number of aromatic nitrogens is 7. The molecule has 2 aliphatic rings. The lowest BCUT2D eigenvalue weighted by Gasteiger charge is -2.35. The maximum Gasteiger partial charge on any atom is 0.163 e. The van der Waals surface area contributed by atoms with Gasteiger partial charge < -0.3 is 5.43 Å². The molecule has 34 heavy (non-hydrogen) atoms. The van der Waals surface area contributed by atoms with E-state index in [1.807, 2.05) is 28.8 Å². The Bertz CT molecular complexity index is 1420. The van der Waals surface area contributed by atoms with Gasteiger partial charge in [-0.15, -0.1) is 10.2 Å². The van der Waals surface area contributed by atoms with Crippen LogP contribution in [0.3, 0.4) is 0 Å². The molecule has 12 heteroatoms. The topological polar surface area (TPSA) is 102 Å². The molecular weight excluding hydrogens is 442 g/mol. The molecule has 0 radical (unpaired) electrons. The highest BCUT2D eigenvalue weighted by atomic mass is 19.1. The Balaban J connectivity index is 1.48.